The topological polar surface area (TPSA) is 93.5 Å². The molecule has 2 aromatic heterocycles. The Labute approximate surface area is 139 Å². The predicted octanol–water partition coefficient (Wildman–Crippen LogP) is 2.14. The smallest absolute Gasteiger partial charge is 0.404 e. The summed E-state index contributed by atoms with van der Waals surface area (Å²) >= 11 is 0. The third kappa shape index (κ3) is 3.50. The molecular weight excluding hydrogens is 310 g/mol. The molecule has 0 aromatic carbocycles. The van der Waals surface area contributed by atoms with E-state index in [0.717, 1.165) is 31.2 Å². The monoisotopic (exact) mass is 331 g/mol. The quantitative estimate of drug-likeness (QED) is 0.895. The lowest BCUT2D eigenvalue weighted by molar-refractivity contribution is 0.170. The molecule has 2 heterocycles. The second-order valence-corrected chi connectivity index (χ2v) is 6.25. The number of fused-ring (bicyclic) bond motifs is 1. The number of hydrogen-bond donors (Lipinski definition) is 2. The summed E-state index contributed by atoms with van der Waals surface area (Å²) in [6.07, 6.45) is 4.22. The van der Waals surface area contributed by atoms with E-state index >= 15 is 0 Å². The summed E-state index contributed by atoms with van der Waals surface area (Å²) in [5.41, 5.74) is 1.33. The van der Waals surface area contributed by atoms with Crippen LogP contribution in [0.25, 0.3) is 11.0 Å². The molecule has 0 saturated heterocycles. The number of rotatable bonds is 4. The zero-order valence-electron chi connectivity index (χ0n) is 13.6. The van der Waals surface area contributed by atoms with Crippen LogP contribution in [0.2, 0.25) is 0 Å². The van der Waals surface area contributed by atoms with E-state index in [0.29, 0.717) is 23.8 Å². The Hall–Kier alpha value is -2.57. The standard InChI is InChI=1S/C17H21N3O4/c1-20-15(21)7-6-13-16(20)14(8-9-18-13)24-10-11-2-4-12(5-3-11)19-17(22)23/h6-9,11-12,19H,2-5,10H2,1H3,(H,22,23). The van der Waals surface area contributed by atoms with Crippen molar-refractivity contribution in [1.82, 2.24) is 14.9 Å². The van der Waals surface area contributed by atoms with E-state index in [2.05, 4.69) is 10.3 Å². The van der Waals surface area contributed by atoms with Gasteiger partial charge < -0.3 is 19.7 Å². The number of amides is 1. The van der Waals surface area contributed by atoms with Crippen molar-refractivity contribution in [3.05, 3.63) is 34.7 Å². The maximum Gasteiger partial charge on any atom is 0.404 e. The van der Waals surface area contributed by atoms with Crippen LogP contribution >= 0.6 is 0 Å². The highest BCUT2D eigenvalue weighted by molar-refractivity contribution is 5.80. The summed E-state index contributed by atoms with van der Waals surface area (Å²) in [5, 5.41) is 11.3. The molecule has 3 rings (SSSR count). The first-order chi connectivity index (χ1) is 11.5. The van der Waals surface area contributed by atoms with E-state index in [1.54, 1.807) is 29.9 Å². The lowest BCUT2D eigenvalue weighted by atomic mass is 9.86. The Morgan fingerprint density at radius 2 is 2.08 bits per heavy atom. The molecule has 1 fully saturated rings. The number of nitrogens with one attached hydrogen (secondary N) is 1. The van der Waals surface area contributed by atoms with Crippen LogP contribution in [0.5, 0.6) is 5.75 Å². The lowest BCUT2D eigenvalue weighted by Crippen LogP contribution is -2.37. The first-order valence-electron chi connectivity index (χ1n) is 8.11. The van der Waals surface area contributed by atoms with Crippen LogP contribution in [0.3, 0.4) is 0 Å². The summed E-state index contributed by atoms with van der Waals surface area (Å²) in [6, 6.07) is 5.02. The van der Waals surface area contributed by atoms with Crippen molar-refractivity contribution in [3.63, 3.8) is 0 Å². The van der Waals surface area contributed by atoms with E-state index in [9.17, 15) is 9.59 Å². The van der Waals surface area contributed by atoms with E-state index < -0.39 is 6.09 Å². The number of hydrogen-bond acceptors (Lipinski definition) is 4. The van der Waals surface area contributed by atoms with Gasteiger partial charge in [-0.1, -0.05) is 0 Å². The average Bonchev–Trinajstić information content (AvgIpc) is 2.57. The molecule has 1 amide bonds. The van der Waals surface area contributed by atoms with Crippen molar-refractivity contribution in [2.45, 2.75) is 31.7 Å². The van der Waals surface area contributed by atoms with Crippen molar-refractivity contribution < 1.29 is 14.6 Å². The van der Waals surface area contributed by atoms with Gasteiger partial charge in [0.25, 0.3) is 5.56 Å². The minimum atomic E-state index is -0.959. The Kier molecular flexibility index (Phi) is 4.69. The molecule has 0 radical (unpaired) electrons. The molecule has 128 valence electrons. The number of aryl methyl sites for hydroxylation is 1. The molecule has 24 heavy (non-hydrogen) atoms. The number of nitrogens with zero attached hydrogens (tertiary/aromatic N) is 2. The fraction of sp³-hybridized carbons (Fsp3) is 0.471. The van der Waals surface area contributed by atoms with Crippen LogP contribution < -0.4 is 15.6 Å². The molecule has 0 atom stereocenters. The van der Waals surface area contributed by atoms with Gasteiger partial charge in [0.15, 0.2) is 0 Å². The van der Waals surface area contributed by atoms with Crippen LogP contribution in [0.1, 0.15) is 25.7 Å². The van der Waals surface area contributed by atoms with Crippen molar-refractivity contribution in [1.29, 1.82) is 0 Å². The fourth-order valence-corrected chi connectivity index (χ4v) is 3.26. The van der Waals surface area contributed by atoms with Gasteiger partial charge in [0.05, 0.1) is 12.1 Å². The number of ether oxygens (including phenoxy) is 1. The van der Waals surface area contributed by atoms with Gasteiger partial charge in [-0.05, 0) is 37.7 Å². The number of carbonyl (C=O) groups is 1. The molecule has 0 aliphatic heterocycles. The van der Waals surface area contributed by atoms with Crippen LogP contribution in [0.4, 0.5) is 4.79 Å². The highest BCUT2D eigenvalue weighted by atomic mass is 16.5. The molecule has 7 nitrogen and oxygen atoms in total. The maximum atomic E-state index is 11.8. The van der Waals surface area contributed by atoms with Gasteiger partial charge >= 0.3 is 6.09 Å². The highest BCUT2D eigenvalue weighted by Gasteiger charge is 2.23. The second kappa shape index (κ2) is 6.90. The summed E-state index contributed by atoms with van der Waals surface area (Å²) < 4.78 is 7.52. The predicted molar refractivity (Wildman–Crippen MR) is 89.4 cm³/mol. The Morgan fingerprint density at radius 3 is 2.79 bits per heavy atom. The molecule has 0 spiro atoms. The summed E-state index contributed by atoms with van der Waals surface area (Å²) in [4.78, 5) is 26.8. The number of carboxylic acid groups (broad SMARTS) is 1. The minimum absolute atomic E-state index is 0.0429. The zero-order chi connectivity index (χ0) is 17.1. The van der Waals surface area contributed by atoms with Crippen molar-refractivity contribution in [2.75, 3.05) is 6.61 Å². The molecule has 1 aliphatic rings. The zero-order valence-corrected chi connectivity index (χ0v) is 13.6. The largest absolute Gasteiger partial charge is 0.491 e. The van der Waals surface area contributed by atoms with Crippen LogP contribution in [0.15, 0.2) is 29.2 Å². The summed E-state index contributed by atoms with van der Waals surface area (Å²) in [7, 11) is 1.71. The molecule has 2 aromatic rings. The van der Waals surface area contributed by atoms with Gasteiger partial charge in [0.1, 0.15) is 11.3 Å². The SMILES string of the molecule is Cn1c(=O)ccc2nccc(OCC3CCC(NC(=O)O)CC3)c21. The third-order valence-electron chi connectivity index (χ3n) is 4.61. The van der Waals surface area contributed by atoms with E-state index in [1.807, 2.05) is 0 Å². The van der Waals surface area contributed by atoms with E-state index in [-0.39, 0.29) is 11.6 Å². The normalized spacial score (nSPS) is 20.7. The van der Waals surface area contributed by atoms with E-state index in [1.165, 1.54) is 6.07 Å². The number of pyridine rings is 2. The van der Waals surface area contributed by atoms with Crippen molar-refractivity contribution in [3.8, 4) is 5.75 Å². The molecule has 0 unspecified atom stereocenters. The highest BCUT2D eigenvalue weighted by Crippen LogP contribution is 2.27. The Balaban J connectivity index is 1.66. The van der Waals surface area contributed by atoms with Crippen molar-refractivity contribution in [2.24, 2.45) is 13.0 Å². The molecule has 2 N–H and O–H groups in total. The maximum absolute atomic E-state index is 11.8. The van der Waals surface area contributed by atoms with Crippen molar-refractivity contribution >= 4 is 17.1 Å². The minimum Gasteiger partial charge on any atom is -0.491 e. The van der Waals surface area contributed by atoms with E-state index in [4.69, 9.17) is 9.84 Å². The molecule has 1 saturated carbocycles. The second-order valence-electron chi connectivity index (χ2n) is 6.25. The Morgan fingerprint density at radius 1 is 1.33 bits per heavy atom. The van der Waals surface area contributed by atoms with Gasteiger partial charge in [-0.2, -0.15) is 0 Å². The van der Waals surface area contributed by atoms with Crippen LogP contribution in [-0.2, 0) is 7.05 Å². The molecule has 1 aliphatic carbocycles. The first kappa shape index (κ1) is 16.3. The van der Waals surface area contributed by atoms with Crippen LogP contribution in [0, 0.1) is 5.92 Å². The molecular formula is C17H21N3O4. The van der Waals surface area contributed by atoms with Gasteiger partial charge in [-0.25, -0.2) is 4.79 Å². The fourth-order valence-electron chi connectivity index (χ4n) is 3.26. The first-order valence-corrected chi connectivity index (χ1v) is 8.11. The summed E-state index contributed by atoms with van der Waals surface area (Å²) in [5.74, 6) is 1.05. The Bertz CT molecular complexity index is 794. The van der Waals surface area contributed by atoms with Gasteiger partial charge in [0.2, 0.25) is 0 Å². The molecule has 7 heteroatoms. The molecule has 0 bridgehead atoms. The van der Waals surface area contributed by atoms with Gasteiger partial charge in [0, 0.05) is 31.4 Å². The van der Waals surface area contributed by atoms with Crippen LogP contribution in [-0.4, -0.2) is 33.4 Å². The third-order valence-corrected chi connectivity index (χ3v) is 4.61. The summed E-state index contributed by atoms with van der Waals surface area (Å²) in [6.45, 7) is 0.558. The van der Waals surface area contributed by atoms with Gasteiger partial charge in [-0.15, -0.1) is 0 Å². The lowest BCUT2D eigenvalue weighted by Gasteiger charge is -2.28. The number of aromatic nitrogens is 2. The average molecular weight is 331 g/mol. The van der Waals surface area contributed by atoms with Gasteiger partial charge in [-0.3, -0.25) is 9.78 Å².